The Morgan fingerprint density at radius 1 is 1.09 bits per heavy atom. The summed E-state index contributed by atoms with van der Waals surface area (Å²) in [5.74, 6) is -0.757. The van der Waals surface area contributed by atoms with Gasteiger partial charge in [-0.25, -0.2) is 8.42 Å². The number of nitrogens with zero attached hydrogens (tertiary/aromatic N) is 1. The number of carbonyl (C=O) groups is 2. The lowest BCUT2D eigenvalue weighted by atomic mass is 10.0. The van der Waals surface area contributed by atoms with Crippen LogP contribution in [0.4, 0.5) is 13.2 Å². The SMILES string of the molecule is CC(=O)N[C@H](Cc1cccc(C)c1)C(=O)NC1CCN(S(=O)(=O)c2ccccc2C(F)(F)F)CC1. The second-order valence-electron chi connectivity index (χ2n) is 8.63. The molecule has 0 saturated carbocycles. The number of benzene rings is 2. The van der Waals surface area contributed by atoms with Gasteiger partial charge in [-0.3, -0.25) is 9.59 Å². The highest BCUT2D eigenvalue weighted by Crippen LogP contribution is 2.35. The molecule has 0 unspecified atom stereocenters. The van der Waals surface area contributed by atoms with E-state index in [2.05, 4.69) is 10.6 Å². The molecule has 0 bridgehead atoms. The van der Waals surface area contributed by atoms with E-state index in [4.69, 9.17) is 0 Å². The Bertz CT molecular complexity index is 1180. The zero-order valence-corrected chi connectivity index (χ0v) is 20.2. The van der Waals surface area contributed by atoms with Crippen LogP contribution in [0.25, 0.3) is 0 Å². The predicted molar refractivity (Wildman–Crippen MR) is 124 cm³/mol. The summed E-state index contributed by atoms with van der Waals surface area (Å²) in [6.07, 6.45) is -4.05. The number of hydrogen-bond donors (Lipinski definition) is 2. The lowest BCUT2D eigenvalue weighted by Gasteiger charge is -2.33. The average Bonchev–Trinajstić information content (AvgIpc) is 2.78. The van der Waals surface area contributed by atoms with Crippen molar-refractivity contribution in [2.45, 2.75) is 56.3 Å². The Kier molecular flexibility index (Phi) is 8.22. The first-order chi connectivity index (χ1) is 16.4. The molecule has 190 valence electrons. The summed E-state index contributed by atoms with van der Waals surface area (Å²) >= 11 is 0. The molecule has 3 rings (SSSR count). The zero-order chi connectivity index (χ0) is 25.8. The van der Waals surface area contributed by atoms with Crippen molar-refractivity contribution in [3.63, 3.8) is 0 Å². The Labute approximate surface area is 202 Å². The van der Waals surface area contributed by atoms with E-state index in [-0.39, 0.29) is 44.3 Å². The molecule has 0 aliphatic carbocycles. The summed E-state index contributed by atoms with van der Waals surface area (Å²) in [6, 6.07) is 10.5. The first kappa shape index (κ1) is 26.7. The molecule has 1 atom stereocenters. The van der Waals surface area contributed by atoms with Crippen LogP contribution in [-0.2, 0) is 32.2 Å². The minimum absolute atomic E-state index is 0.0395. The van der Waals surface area contributed by atoms with Crippen LogP contribution in [0, 0.1) is 6.92 Å². The van der Waals surface area contributed by atoms with Gasteiger partial charge in [-0.2, -0.15) is 17.5 Å². The van der Waals surface area contributed by atoms with Crippen molar-refractivity contribution in [2.24, 2.45) is 0 Å². The maximum absolute atomic E-state index is 13.3. The molecule has 0 aromatic heterocycles. The van der Waals surface area contributed by atoms with Gasteiger partial charge in [0.2, 0.25) is 21.8 Å². The maximum atomic E-state index is 13.3. The normalized spacial score (nSPS) is 16.5. The number of halogens is 3. The topological polar surface area (TPSA) is 95.6 Å². The van der Waals surface area contributed by atoms with Crippen LogP contribution in [0.15, 0.2) is 53.4 Å². The van der Waals surface area contributed by atoms with Crippen LogP contribution >= 0.6 is 0 Å². The summed E-state index contributed by atoms with van der Waals surface area (Å²) in [5.41, 5.74) is 0.693. The molecule has 0 radical (unpaired) electrons. The van der Waals surface area contributed by atoms with Gasteiger partial charge >= 0.3 is 6.18 Å². The zero-order valence-electron chi connectivity index (χ0n) is 19.4. The lowest BCUT2D eigenvalue weighted by Crippen LogP contribution is -2.53. The van der Waals surface area contributed by atoms with Gasteiger partial charge in [-0.15, -0.1) is 0 Å². The predicted octanol–water partition coefficient (Wildman–Crippen LogP) is 3.03. The summed E-state index contributed by atoms with van der Waals surface area (Å²) < 4.78 is 66.9. The second-order valence-corrected chi connectivity index (χ2v) is 10.5. The van der Waals surface area contributed by atoms with Crippen molar-refractivity contribution in [3.05, 3.63) is 65.2 Å². The molecule has 35 heavy (non-hydrogen) atoms. The number of hydrogen-bond acceptors (Lipinski definition) is 4. The van der Waals surface area contributed by atoms with Crippen molar-refractivity contribution >= 4 is 21.8 Å². The molecule has 1 aliphatic heterocycles. The van der Waals surface area contributed by atoms with Crippen LogP contribution in [0.2, 0.25) is 0 Å². The highest BCUT2D eigenvalue weighted by atomic mass is 32.2. The highest BCUT2D eigenvalue weighted by Gasteiger charge is 2.39. The van der Waals surface area contributed by atoms with Crippen LogP contribution in [0.1, 0.15) is 36.5 Å². The molecule has 1 aliphatic rings. The van der Waals surface area contributed by atoms with E-state index in [1.54, 1.807) is 0 Å². The number of aryl methyl sites for hydroxylation is 1. The highest BCUT2D eigenvalue weighted by molar-refractivity contribution is 7.89. The van der Waals surface area contributed by atoms with Gasteiger partial charge in [0.1, 0.15) is 6.04 Å². The van der Waals surface area contributed by atoms with Crippen molar-refractivity contribution < 1.29 is 31.2 Å². The Morgan fingerprint density at radius 3 is 2.34 bits per heavy atom. The van der Waals surface area contributed by atoms with E-state index in [9.17, 15) is 31.2 Å². The number of carbonyl (C=O) groups excluding carboxylic acids is 2. The number of amides is 2. The van der Waals surface area contributed by atoms with Crippen molar-refractivity contribution in [1.29, 1.82) is 0 Å². The fraction of sp³-hybridized carbons (Fsp3) is 0.417. The number of nitrogens with one attached hydrogen (secondary N) is 2. The molecular weight excluding hydrogens is 483 g/mol. The average molecular weight is 512 g/mol. The molecule has 2 aromatic carbocycles. The molecule has 7 nitrogen and oxygen atoms in total. The first-order valence-corrected chi connectivity index (χ1v) is 12.6. The lowest BCUT2D eigenvalue weighted by molar-refractivity contribution is -0.140. The van der Waals surface area contributed by atoms with Gasteiger partial charge in [0.15, 0.2) is 0 Å². The minimum Gasteiger partial charge on any atom is -0.351 e. The van der Waals surface area contributed by atoms with Gasteiger partial charge in [-0.1, -0.05) is 42.0 Å². The number of sulfonamides is 1. The van der Waals surface area contributed by atoms with Crippen molar-refractivity contribution in [2.75, 3.05) is 13.1 Å². The third-order valence-electron chi connectivity index (χ3n) is 5.83. The number of alkyl halides is 3. The third kappa shape index (κ3) is 6.82. The van der Waals surface area contributed by atoms with E-state index >= 15 is 0 Å². The molecule has 2 amide bonds. The van der Waals surface area contributed by atoms with Crippen LogP contribution in [0.5, 0.6) is 0 Å². The Hall–Kier alpha value is -2.92. The Morgan fingerprint density at radius 2 is 1.74 bits per heavy atom. The second kappa shape index (κ2) is 10.8. The fourth-order valence-corrected chi connectivity index (χ4v) is 5.82. The standard InChI is InChI=1S/C24H28F3N3O4S/c1-16-6-5-7-18(14-16)15-21(28-17(2)31)23(32)29-19-10-12-30(13-11-19)35(33,34)22-9-4-3-8-20(22)24(25,26)27/h3-9,14,19,21H,10-13,15H2,1-2H3,(H,28,31)(H,29,32)/t21-/m1/s1. The van der Waals surface area contributed by atoms with Gasteiger partial charge in [0, 0.05) is 32.5 Å². The fourth-order valence-electron chi connectivity index (χ4n) is 4.14. The summed E-state index contributed by atoms with van der Waals surface area (Å²) in [4.78, 5) is 23.8. The van der Waals surface area contributed by atoms with Gasteiger partial charge in [-0.05, 0) is 37.5 Å². The van der Waals surface area contributed by atoms with E-state index in [0.717, 1.165) is 33.6 Å². The van der Waals surface area contributed by atoms with Crippen LogP contribution in [0.3, 0.4) is 0 Å². The number of piperidine rings is 1. The molecule has 1 fully saturated rings. The summed E-state index contributed by atoms with van der Waals surface area (Å²) in [6.45, 7) is 3.16. The van der Waals surface area contributed by atoms with Crippen molar-refractivity contribution in [1.82, 2.24) is 14.9 Å². The van der Waals surface area contributed by atoms with Crippen LogP contribution in [-0.4, -0.2) is 49.7 Å². The van der Waals surface area contributed by atoms with E-state index in [1.807, 2.05) is 31.2 Å². The summed E-state index contributed by atoms with van der Waals surface area (Å²) in [5, 5.41) is 5.50. The third-order valence-corrected chi connectivity index (χ3v) is 7.78. The smallest absolute Gasteiger partial charge is 0.351 e. The largest absolute Gasteiger partial charge is 0.417 e. The molecule has 2 aromatic rings. The van der Waals surface area contributed by atoms with Crippen molar-refractivity contribution in [3.8, 4) is 0 Å². The monoisotopic (exact) mass is 511 g/mol. The summed E-state index contributed by atoms with van der Waals surface area (Å²) in [7, 11) is -4.36. The molecular formula is C24H28F3N3O4S. The molecule has 0 spiro atoms. The molecule has 11 heteroatoms. The van der Waals surface area contributed by atoms with E-state index in [0.29, 0.717) is 0 Å². The minimum atomic E-state index is -4.80. The van der Waals surface area contributed by atoms with Gasteiger partial charge in [0.05, 0.1) is 10.5 Å². The molecule has 1 heterocycles. The van der Waals surface area contributed by atoms with Crippen LogP contribution < -0.4 is 10.6 Å². The first-order valence-electron chi connectivity index (χ1n) is 11.2. The maximum Gasteiger partial charge on any atom is 0.417 e. The Balaban J connectivity index is 1.66. The quantitative estimate of drug-likeness (QED) is 0.598. The van der Waals surface area contributed by atoms with E-state index in [1.165, 1.54) is 13.0 Å². The molecule has 1 saturated heterocycles. The van der Waals surface area contributed by atoms with Gasteiger partial charge in [0.25, 0.3) is 0 Å². The van der Waals surface area contributed by atoms with Gasteiger partial charge < -0.3 is 10.6 Å². The molecule has 2 N–H and O–H groups in total. The van der Waals surface area contributed by atoms with E-state index < -0.39 is 38.6 Å². The number of rotatable bonds is 7.